The average Bonchev–Trinajstić information content (AvgIpc) is 2.92. The number of para-hydroxylation sites is 1. The first kappa shape index (κ1) is 24.4. The van der Waals surface area contributed by atoms with Crippen LogP contribution in [0.15, 0.2) is 84.0 Å². The number of hydrogen-bond acceptors (Lipinski definition) is 5. The molecule has 8 nitrogen and oxygen atoms in total. The molecule has 3 aromatic rings. The van der Waals surface area contributed by atoms with Gasteiger partial charge in [0.2, 0.25) is 5.91 Å². The Bertz CT molecular complexity index is 1270. The van der Waals surface area contributed by atoms with E-state index < -0.39 is 10.0 Å². The molecule has 1 aromatic heterocycles. The van der Waals surface area contributed by atoms with E-state index in [1.54, 1.807) is 53.7 Å². The third-order valence-electron chi connectivity index (χ3n) is 6.20. The van der Waals surface area contributed by atoms with Crippen LogP contribution in [0.4, 0.5) is 5.69 Å². The van der Waals surface area contributed by atoms with Gasteiger partial charge in [-0.05, 0) is 54.8 Å². The molecule has 0 radical (unpaired) electrons. The van der Waals surface area contributed by atoms with Crippen molar-refractivity contribution < 1.29 is 18.0 Å². The molecule has 1 aliphatic heterocycles. The van der Waals surface area contributed by atoms with Crippen LogP contribution in [0.2, 0.25) is 0 Å². The van der Waals surface area contributed by atoms with E-state index >= 15 is 0 Å². The van der Waals surface area contributed by atoms with E-state index in [9.17, 15) is 18.0 Å². The first-order valence-corrected chi connectivity index (χ1v) is 12.9. The molecule has 0 bridgehead atoms. The first-order chi connectivity index (χ1) is 16.9. The molecule has 0 atom stereocenters. The van der Waals surface area contributed by atoms with Crippen LogP contribution in [-0.2, 0) is 21.4 Å². The fraction of sp³-hybridized carbons (Fsp3) is 0.269. The highest BCUT2D eigenvalue weighted by Gasteiger charge is 2.29. The van der Waals surface area contributed by atoms with Gasteiger partial charge in [0.15, 0.2) is 0 Å². The average molecular weight is 493 g/mol. The first-order valence-electron chi connectivity index (χ1n) is 11.5. The van der Waals surface area contributed by atoms with Crippen LogP contribution < -0.4 is 9.62 Å². The smallest absolute Gasteiger partial charge is 0.264 e. The zero-order chi connectivity index (χ0) is 24.8. The minimum Gasteiger partial charge on any atom is -0.352 e. The SMILES string of the molecule is CN(c1ccccc1)S(=O)(=O)c1cccc(C(=O)N2CCC(C(=O)NCc3cccnc3)CC2)c1. The van der Waals surface area contributed by atoms with Gasteiger partial charge in [0, 0.05) is 50.6 Å². The van der Waals surface area contributed by atoms with Gasteiger partial charge in [0.25, 0.3) is 15.9 Å². The van der Waals surface area contributed by atoms with Gasteiger partial charge >= 0.3 is 0 Å². The summed E-state index contributed by atoms with van der Waals surface area (Å²) in [5.74, 6) is -0.432. The zero-order valence-electron chi connectivity index (χ0n) is 19.5. The fourth-order valence-electron chi connectivity index (χ4n) is 4.09. The highest BCUT2D eigenvalue weighted by molar-refractivity contribution is 7.92. The van der Waals surface area contributed by atoms with Crippen molar-refractivity contribution in [3.05, 3.63) is 90.3 Å². The summed E-state index contributed by atoms with van der Waals surface area (Å²) in [5, 5.41) is 2.94. The number of aromatic nitrogens is 1. The summed E-state index contributed by atoms with van der Waals surface area (Å²) < 4.78 is 27.4. The number of nitrogens with one attached hydrogen (secondary N) is 1. The van der Waals surface area contributed by atoms with Crippen molar-refractivity contribution in [2.45, 2.75) is 24.3 Å². The highest BCUT2D eigenvalue weighted by Crippen LogP contribution is 2.24. The summed E-state index contributed by atoms with van der Waals surface area (Å²) in [7, 11) is -2.33. The molecule has 0 spiro atoms. The fourth-order valence-corrected chi connectivity index (χ4v) is 5.33. The predicted octanol–water partition coefficient (Wildman–Crippen LogP) is 3.08. The van der Waals surface area contributed by atoms with Crippen LogP contribution in [0.25, 0.3) is 0 Å². The van der Waals surface area contributed by atoms with Crippen LogP contribution in [0.5, 0.6) is 0 Å². The summed E-state index contributed by atoms with van der Waals surface area (Å²) in [4.78, 5) is 31.4. The van der Waals surface area contributed by atoms with Crippen molar-refractivity contribution >= 4 is 27.5 Å². The lowest BCUT2D eigenvalue weighted by atomic mass is 9.95. The van der Waals surface area contributed by atoms with Crippen LogP contribution in [0, 0.1) is 5.92 Å². The quantitative estimate of drug-likeness (QED) is 0.546. The summed E-state index contributed by atoms with van der Waals surface area (Å²) in [6.45, 7) is 1.29. The van der Waals surface area contributed by atoms with Gasteiger partial charge in [-0.2, -0.15) is 0 Å². The maximum atomic E-state index is 13.1. The number of nitrogens with zero attached hydrogens (tertiary/aromatic N) is 3. The molecular formula is C26H28N4O4S. The summed E-state index contributed by atoms with van der Waals surface area (Å²) in [6, 6.07) is 18.6. The number of hydrogen-bond donors (Lipinski definition) is 1. The van der Waals surface area contributed by atoms with Crippen LogP contribution in [0.1, 0.15) is 28.8 Å². The predicted molar refractivity (Wildman–Crippen MR) is 133 cm³/mol. The largest absolute Gasteiger partial charge is 0.352 e. The summed E-state index contributed by atoms with van der Waals surface area (Å²) >= 11 is 0. The Balaban J connectivity index is 1.37. The molecule has 0 saturated carbocycles. The molecule has 0 aliphatic carbocycles. The second-order valence-electron chi connectivity index (χ2n) is 8.48. The van der Waals surface area contributed by atoms with Crippen molar-refractivity contribution in [3.8, 4) is 0 Å². The molecule has 2 heterocycles. The lowest BCUT2D eigenvalue weighted by Gasteiger charge is -2.31. The van der Waals surface area contributed by atoms with Crippen LogP contribution in [-0.4, -0.2) is 50.3 Å². The van der Waals surface area contributed by atoms with Gasteiger partial charge in [0.1, 0.15) is 0 Å². The zero-order valence-corrected chi connectivity index (χ0v) is 20.3. The van der Waals surface area contributed by atoms with Crippen molar-refractivity contribution in [2.75, 3.05) is 24.4 Å². The lowest BCUT2D eigenvalue weighted by Crippen LogP contribution is -2.43. The van der Waals surface area contributed by atoms with Gasteiger partial charge < -0.3 is 10.2 Å². The van der Waals surface area contributed by atoms with Crippen molar-refractivity contribution in [2.24, 2.45) is 5.92 Å². The van der Waals surface area contributed by atoms with Crippen LogP contribution in [0.3, 0.4) is 0 Å². The van der Waals surface area contributed by atoms with E-state index in [0.29, 0.717) is 43.7 Å². The van der Waals surface area contributed by atoms with Crippen molar-refractivity contribution in [3.63, 3.8) is 0 Å². The number of benzene rings is 2. The van der Waals surface area contributed by atoms with E-state index in [4.69, 9.17) is 0 Å². The van der Waals surface area contributed by atoms with E-state index in [1.807, 2.05) is 18.2 Å². The third kappa shape index (κ3) is 5.68. The van der Waals surface area contributed by atoms with Gasteiger partial charge in [-0.15, -0.1) is 0 Å². The number of carbonyl (C=O) groups is 2. The molecule has 9 heteroatoms. The van der Waals surface area contributed by atoms with E-state index in [-0.39, 0.29) is 22.6 Å². The topological polar surface area (TPSA) is 99.7 Å². The molecular weight excluding hydrogens is 464 g/mol. The van der Waals surface area contributed by atoms with Gasteiger partial charge in [0.05, 0.1) is 10.6 Å². The highest BCUT2D eigenvalue weighted by atomic mass is 32.2. The molecule has 2 aromatic carbocycles. The Morgan fingerprint density at radius 1 is 1.03 bits per heavy atom. The maximum absolute atomic E-state index is 13.1. The van der Waals surface area contributed by atoms with E-state index in [2.05, 4.69) is 10.3 Å². The number of anilines is 1. The molecule has 35 heavy (non-hydrogen) atoms. The molecule has 1 N–H and O–H groups in total. The Morgan fingerprint density at radius 3 is 2.46 bits per heavy atom. The number of amides is 2. The number of sulfonamides is 1. The third-order valence-corrected chi connectivity index (χ3v) is 7.98. The molecule has 1 aliphatic rings. The second kappa shape index (κ2) is 10.7. The Morgan fingerprint density at radius 2 is 1.77 bits per heavy atom. The lowest BCUT2D eigenvalue weighted by molar-refractivity contribution is -0.126. The second-order valence-corrected chi connectivity index (χ2v) is 10.5. The molecule has 1 fully saturated rings. The van der Waals surface area contributed by atoms with E-state index in [1.165, 1.54) is 23.5 Å². The summed E-state index contributed by atoms with van der Waals surface area (Å²) in [5.41, 5.74) is 1.78. The molecule has 2 amide bonds. The minimum absolute atomic E-state index is 0.0296. The van der Waals surface area contributed by atoms with Gasteiger partial charge in [-0.3, -0.25) is 18.9 Å². The van der Waals surface area contributed by atoms with Crippen molar-refractivity contribution in [1.82, 2.24) is 15.2 Å². The number of likely N-dealkylation sites (tertiary alicyclic amines) is 1. The Kier molecular flexibility index (Phi) is 7.45. The maximum Gasteiger partial charge on any atom is 0.264 e. The Hall–Kier alpha value is -3.72. The summed E-state index contributed by atoms with van der Waals surface area (Å²) in [6.07, 6.45) is 4.51. The van der Waals surface area contributed by atoms with Crippen LogP contribution >= 0.6 is 0 Å². The molecule has 1 saturated heterocycles. The van der Waals surface area contributed by atoms with Gasteiger partial charge in [-0.1, -0.05) is 30.3 Å². The van der Waals surface area contributed by atoms with Crippen molar-refractivity contribution in [1.29, 1.82) is 0 Å². The standard InChI is InChI=1S/C26H28N4O4S/c1-29(23-9-3-2-4-10-23)35(33,34)24-11-5-8-22(17-24)26(32)30-15-12-21(13-16-30)25(31)28-19-20-7-6-14-27-18-20/h2-11,14,17-18,21H,12-13,15-16,19H2,1H3,(H,28,31). The number of piperidine rings is 1. The monoisotopic (exact) mass is 492 g/mol. The molecule has 4 rings (SSSR count). The molecule has 182 valence electrons. The van der Waals surface area contributed by atoms with E-state index in [0.717, 1.165) is 5.56 Å². The molecule has 0 unspecified atom stereocenters. The number of rotatable bonds is 7. The minimum atomic E-state index is -3.82. The van der Waals surface area contributed by atoms with Gasteiger partial charge in [-0.25, -0.2) is 8.42 Å². The number of carbonyl (C=O) groups excluding carboxylic acids is 2. The normalized spacial score (nSPS) is 14.4. The Labute approximate surface area is 205 Å². The number of pyridine rings is 1.